The lowest BCUT2D eigenvalue weighted by Crippen LogP contribution is -2.51. The van der Waals surface area contributed by atoms with Gasteiger partial charge >= 0.3 is 6.03 Å². The summed E-state index contributed by atoms with van der Waals surface area (Å²) in [4.78, 5) is 30.9. The third-order valence-electron chi connectivity index (χ3n) is 6.92. The Hall–Kier alpha value is -2.04. The van der Waals surface area contributed by atoms with E-state index in [1.165, 1.54) is 24.0 Å². The Morgan fingerprint density at radius 1 is 1.04 bits per heavy atom. The second kappa shape index (κ2) is 7.17. The molecule has 1 spiro atoms. The second-order valence-corrected chi connectivity index (χ2v) is 8.72. The van der Waals surface area contributed by atoms with Crippen molar-refractivity contribution in [3.63, 3.8) is 0 Å². The summed E-state index contributed by atoms with van der Waals surface area (Å²) in [6.07, 6.45) is 6.37. The van der Waals surface area contributed by atoms with Crippen molar-refractivity contribution in [2.45, 2.75) is 43.9 Å². The monoisotopic (exact) mass is 369 g/mol. The van der Waals surface area contributed by atoms with Crippen molar-refractivity contribution in [1.82, 2.24) is 14.7 Å². The molecule has 1 atom stereocenters. The van der Waals surface area contributed by atoms with Gasteiger partial charge in [0.15, 0.2) is 0 Å². The van der Waals surface area contributed by atoms with Crippen LogP contribution in [0.5, 0.6) is 0 Å². The topological polar surface area (TPSA) is 43.9 Å². The SMILES string of the molecule is CN(C)C(=O)N1CCC[C@@H](C(=O)N2CCC3(CCc4ccccc43)CC2)C1. The normalized spacial score (nSPS) is 24.0. The zero-order valence-electron chi connectivity index (χ0n) is 16.6. The van der Waals surface area contributed by atoms with Gasteiger partial charge in [-0.1, -0.05) is 24.3 Å². The molecule has 3 amide bonds. The number of rotatable bonds is 1. The molecular weight excluding hydrogens is 338 g/mol. The van der Waals surface area contributed by atoms with Crippen LogP contribution < -0.4 is 0 Å². The number of hydrogen-bond donors (Lipinski definition) is 0. The number of benzene rings is 1. The summed E-state index contributed by atoms with van der Waals surface area (Å²) < 4.78 is 0. The maximum atomic E-state index is 13.1. The number of amides is 3. The van der Waals surface area contributed by atoms with Crippen LogP contribution in [0.15, 0.2) is 24.3 Å². The Labute approximate surface area is 162 Å². The number of carbonyl (C=O) groups excluding carboxylic acids is 2. The van der Waals surface area contributed by atoms with Crippen molar-refractivity contribution in [2.24, 2.45) is 5.92 Å². The molecule has 5 heteroatoms. The number of aryl methyl sites for hydroxylation is 1. The van der Waals surface area contributed by atoms with Crippen molar-refractivity contribution in [2.75, 3.05) is 40.3 Å². The summed E-state index contributed by atoms with van der Waals surface area (Å²) in [5.74, 6) is 0.222. The van der Waals surface area contributed by atoms with Crippen LogP contribution in [0.2, 0.25) is 0 Å². The number of urea groups is 1. The molecule has 1 aliphatic carbocycles. The van der Waals surface area contributed by atoms with E-state index in [-0.39, 0.29) is 23.3 Å². The standard InChI is InChI=1S/C22H31N3O2/c1-23(2)21(27)25-13-5-7-18(16-25)20(26)24-14-11-22(12-15-24)10-9-17-6-3-4-8-19(17)22/h3-4,6,8,18H,5,7,9-16H2,1-2H3/t18-/m1/s1. The van der Waals surface area contributed by atoms with Gasteiger partial charge in [0.2, 0.25) is 5.91 Å². The average Bonchev–Trinajstić information content (AvgIpc) is 3.06. The predicted molar refractivity (Wildman–Crippen MR) is 106 cm³/mol. The number of fused-ring (bicyclic) bond motifs is 2. The molecule has 2 fully saturated rings. The number of nitrogens with zero attached hydrogens (tertiary/aromatic N) is 3. The van der Waals surface area contributed by atoms with Gasteiger partial charge in [-0.3, -0.25) is 4.79 Å². The Bertz CT molecular complexity index is 722. The summed E-state index contributed by atoms with van der Waals surface area (Å²) in [6, 6.07) is 8.88. The van der Waals surface area contributed by atoms with E-state index < -0.39 is 0 Å². The first-order valence-electron chi connectivity index (χ1n) is 10.3. The number of piperidine rings is 2. The van der Waals surface area contributed by atoms with Crippen LogP contribution in [-0.4, -0.2) is 66.9 Å². The molecule has 0 N–H and O–H groups in total. The lowest BCUT2D eigenvalue weighted by Gasteiger charge is -2.42. The van der Waals surface area contributed by atoms with Crippen molar-refractivity contribution >= 4 is 11.9 Å². The summed E-state index contributed by atoms with van der Waals surface area (Å²) in [6.45, 7) is 3.04. The van der Waals surface area contributed by atoms with Gasteiger partial charge in [0.25, 0.3) is 0 Å². The predicted octanol–water partition coefficient (Wildman–Crippen LogP) is 2.89. The highest BCUT2D eigenvalue weighted by Gasteiger charge is 2.42. The second-order valence-electron chi connectivity index (χ2n) is 8.72. The summed E-state index contributed by atoms with van der Waals surface area (Å²) in [5.41, 5.74) is 3.31. The van der Waals surface area contributed by atoms with Crippen LogP contribution in [0.3, 0.4) is 0 Å². The third-order valence-corrected chi connectivity index (χ3v) is 6.92. The molecule has 0 unspecified atom stereocenters. The first-order valence-corrected chi connectivity index (χ1v) is 10.3. The molecular formula is C22H31N3O2. The van der Waals surface area contributed by atoms with E-state index in [4.69, 9.17) is 0 Å². The van der Waals surface area contributed by atoms with Crippen LogP contribution in [0.4, 0.5) is 4.79 Å². The average molecular weight is 370 g/mol. The molecule has 27 heavy (non-hydrogen) atoms. The highest BCUT2D eigenvalue weighted by atomic mass is 16.2. The highest BCUT2D eigenvalue weighted by Crippen LogP contribution is 2.46. The van der Waals surface area contributed by atoms with Crippen molar-refractivity contribution in [3.05, 3.63) is 35.4 Å². The molecule has 4 rings (SSSR count). The van der Waals surface area contributed by atoms with E-state index in [0.29, 0.717) is 6.54 Å². The van der Waals surface area contributed by atoms with Crippen molar-refractivity contribution in [1.29, 1.82) is 0 Å². The lowest BCUT2D eigenvalue weighted by molar-refractivity contribution is -0.138. The number of carbonyl (C=O) groups is 2. The zero-order valence-corrected chi connectivity index (χ0v) is 16.6. The van der Waals surface area contributed by atoms with Gasteiger partial charge < -0.3 is 14.7 Å². The zero-order chi connectivity index (χ0) is 19.0. The molecule has 0 radical (unpaired) electrons. The highest BCUT2D eigenvalue weighted by molar-refractivity contribution is 5.81. The van der Waals surface area contributed by atoms with Crippen LogP contribution in [0, 0.1) is 5.92 Å². The number of hydrogen-bond acceptors (Lipinski definition) is 2. The molecule has 1 aromatic carbocycles. The smallest absolute Gasteiger partial charge is 0.319 e. The molecule has 0 bridgehead atoms. The van der Waals surface area contributed by atoms with Crippen molar-refractivity contribution < 1.29 is 9.59 Å². The van der Waals surface area contributed by atoms with E-state index in [1.807, 2.05) is 4.90 Å². The third kappa shape index (κ3) is 3.32. The molecule has 2 saturated heterocycles. The minimum Gasteiger partial charge on any atom is -0.342 e. The van der Waals surface area contributed by atoms with Crippen LogP contribution in [-0.2, 0) is 16.6 Å². The Balaban J connectivity index is 1.39. The van der Waals surface area contributed by atoms with Gasteiger partial charge in [-0.05, 0) is 55.1 Å². The Morgan fingerprint density at radius 3 is 2.52 bits per heavy atom. The first-order chi connectivity index (χ1) is 13.0. The maximum absolute atomic E-state index is 13.1. The summed E-state index contributed by atoms with van der Waals surface area (Å²) in [7, 11) is 3.55. The van der Waals surface area contributed by atoms with Gasteiger partial charge in [0, 0.05) is 40.3 Å². The summed E-state index contributed by atoms with van der Waals surface area (Å²) >= 11 is 0. The van der Waals surface area contributed by atoms with E-state index in [1.54, 1.807) is 19.0 Å². The van der Waals surface area contributed by atoms with E-state index in [2.05, 4.69) is 29.2 Å². The maximum Gasteiger partial charge on any atom is 0.319 e. The fraction of sp³-hybridized carbons (Fsp3) is 0.636. The molecule has 0 aromatic heterocycles. The molecule has 2 aliphatic heterocycles. The number of likely N-dealkylation sites (tertiary alicyclic amines) is 2. The minimum absolute atomic E-state index is 0.0210. The van der Waals surface area contributed by atoms with Crippen LogP contribution in [0.25, 0.3) is 0 Å². The minimum atomic E-state index is -0.0347. The molecule has 146 valence electrons. The molecule has 5 nitrogen and oxygen atoms in total. The van der Waals surface area contributed by atoms with Gasteiger partial charge in [-0.25, -0.2) is 4.79 Å². The summed E-state index contributed by atoms with van der Waals surface area (Å²) in [5, 5.41) is 0. The largest absolute Gasteiger partial charge is 0.342 e. The quantitative estimate of drug-likeness (QED) is 0.764. The van der Waals surface area contributed by atoms with Gasteiger partial charge in [0.1, 0.15) is 0 Å². The molecule has 3 aliphatic rings. The van der Waals surface area contributed by atoms with Gasteiger partial charge in [-0.2, -0.15) is 0 Å². The molecule has 0 saturated carbocycles. The molecule has 2 heterocycles. The van der Waals surface area contributed by atoms with Gasteiger partial charge in [-0.15, -0.1) is 0 Å². The Kier molecular flexibility index (Phi) is 4.87. The van der Waals surface area contributed by atoms with Crippen LogP contribution in [0.1, 0.15) is 43.2 Å². The first kappa shape index (κ1) is 18.3. The molecule has 1 aromatic rings. The van der Waals surface area contributed by atoms with Crippen LogP contribution >= 0.6 is 0 Å². The van der Waals surface area contributed by atoms with E-state index in [0.717, 1.165) is 45.3 Å². The van der Waals surface area contributed by atoms with Crippen molar-refractivity contribution in [3.8, 4) is 0 Å². The van der Waals surface area contributed by atoms with Gasteiger partial charge in [0.05, 0.1) is 5.92 Å². The Morgan fingerprint density at radius 2 is 1.78 bits per heavy atom. The van der Waals surface area contributed by atoms with E-state index >= 15 is 0 Å². The van der Waals surface area contributed by atoms with E-state index in [9.17, 15) is 9.59 Å². The lowest BCUT2D eigenvalue weighted by atomic mass is 9.73. The fourth-order valence-electron chi connectivity index (χ4n) is 5.33. The fourth-order valence-corrected chi connectivity index (χ4v) is 5.33.